The first kappa shape index (κ1) is 17.2. The molecule has 2 atom stereocenters. The fourth-order valence-corrected chi connectivity index (χ4v) is 3.31. The second kappa shape index (κ2) is 7.09. The maximum absolute atomic E-state index is 13.1. The minimum absolute atomic E-state index is 0.0292. The Morgan fingerprint density at radius 3 is 2.56 bits per heavy atom. The molecule has 0 saturated heterocycles. The van der Waals surface area contributed by atoms with Crippen LogP contribution in [0.2, 0.25) is 0 Å². The smallest absolute Gasteiger partial charge is 0.306 e. The van der Waals surface area contributed by atoms with Crippen molar-refractivity contribution in [2.75, 3.05) is 4.90 Å². The van der Waals surface area contributed by atoms with Crippen LogP contribution < -0.4 is 4.90 Å². The lowest BCUT2D eigenvalue weighted by Crippen LogP contribution is -2.44. The molecule has 0 unspecified atom stereocenters. The third-order valence-electron chi connectivity index (χ3n) is 4.59. The van der Waals surface area contributed by atoms with Gasteiger partial charge >= 0.3 is 5.97 Å². The van der Waals surface area contributed by atoms with Crippen LogP contribution in [0.15, 0.2) is 48.5 Å². The van der Waals surface area contributed by atoms with E-state index < -0.39 is 0 Å². The summed E-state index contributed by atoms with van der Waals surface area (Å²) in [6.07, 6.45) is 0.636. The van der Waals surface area contributed by atoms with Crippen LogP contribution >= 0.6 is 0 Å². The SMILES string of the molecule is CCC(=O)O[C@@H]1C[C@H](C)N(C(=O)c2ccccc2)c2ccc(C)cc21. The maximum Gasteiger partial charge on any atom is 0.306 e. The number of benzene rings is 2. The minimum Gasteiger partial charge on any atom is -0.457 e. The van der Waals surface area contributed by atoms with Gasteiger partial charge in [-0.3, -0.25) is 9.59 Å². The molecule has 0 radical (unpaired) electrons. The zero-order valence-corrected chi connectivity index (χ0v) is 14.9. The number of fused-ring (bicyclic) bond motifs is 1. The highest BCUT2D eigenvalue weighted by Gasteiger charge is 2.35. The van der Waals surface area contributed by atoms with Crippen molar-refractivity contribution in [1.82, 2.24) is 0 Å². The van der Waals surface area contributed by atoms with E-state index in [2.05, 4.69) is 0 Å². The van der Waals surface area contributed by atoms with Crippen LogP contribution in [-0.2, 0) is 9.53 Å². The summed E-state index contributed by atoms with van der Waals surface area (Å²) in [5, 5.41) is 0. The van der Waals surface area contributed by atoms with E-state index in [4.69, 9.17) is 4.74 Å². The van der Waals surface area contributed by atoms with Crippen LogP contribution in [0.25, 0.3) is 0 Å². The topological polar surface area (TPSA) is 46.6 Å². The molecule has 25 heavy (non-hydrogen) atoms. The predicted molar refractivity (Wildman–Crippen MR) is 97.6 cm³/mol. The summed E-state index contributed by atoms with van der Waals surface area (Å²) in [7, 11) is 0. The second-order valence-corrected chi connectivity index (χ2v) is 6.52. The number of ether oxygens (including phenoxy) is 1. The molecule has 130 valence electrons. The summed E-state index contributed by atoms with van der Waals surface area (Å²) in [6.45, 7) is 5.79. The van der Waals surface area contributed by atoms with E-state index in [9.17, 15) is 9.59 Å². The molecule has 4 heteroatoms. The number of amides is 1. The summed E-state index contributed by atoms with van der Waals surface area (Å²) in [5.41, 5.74) is 3.47. The number of rotatable bonds is 3. The largest absolute Gasteiger partial charge is 0.457 e. The van der Waals surface area contributed by atoms with Crippen LogP contribution in [0, 0.1) is 6.92 Å². The Labute approximate surface area is 148 Å². The van der Waals surface area contributed by atoms with Gasteiger partial charge in [0.1, 0.15) is 6.10 Å². The van der Waals surface area contributed by atoms with Gasteiger partial charge in [-0.25, -0.2) is 0 Å². The van der Waals surface area contributed by atoms with Gasteiger partial charge in [-0.05, 0) is 32.0 Å². The molecule has 0 spiro atoms. The average Bonchev–Trinajstić information content (AvgIpc) is 2.62. The van der Waals surface area contributed by atoms with Crippen molar-refractivity contribution in [3.8, 4) is 0 Å². The van der Waals surface area contributed by atoms with Crippen LogP contribution in [0.1, 0.15) is 54.3 Å². The summed E-state index contributed by atoms with van der Waals surface area (Å²) in [4.78, 5) is 26.7. The first-order valence-corrected chi connectivity index (χ1v) is 8.70. The summed E-state index contributed by atoms with van der Waals surface area (Å²) in [5.74, 6) is -0.244. The summed E-state index contributed by atoms with van der Waals surface area (Å²) < 4.78 is 5.65. The number of hydrogen-bond donors (Lipinski definition) is 0. The van der Waals surface area contributed by atoms with E-state index in [1.165, 1.54) is 0 Å². The molecular formula is C21H23NO3. The molecule has 2 aromatic carbocycles. The van der Waals surface area contributed by atoms with Gasteiger partial charge in [0.2, 0.25) is 0 Å². The van der Waals surface area contributed by atoms with Crippen molar-refractivity contribution in [3.63, 3.8) is 0 Å². The van der Waals surface area contributed by atoms with Crippen molar-refractivity contribution in [2.24, 2.45) is 0 Å². The highest BCUT2D eigenvalue weighted by Crippen LogP contribution is 2.40. The third-order valence-corrected chi connectivity index (χ3v) is 4.59. The number of carbonyl (C=O) groups is 2. The zero-order chi connectivity index (χ0) is 18.0. The van der Waals surface area contributed by atoms with Crippen molar-refractivity contribution < 1.29 is 14.3 Å². The molecule has 0 saturated carbocycles. The van der Waals surface area contributed by atoms with Crippen LogP contribution in [0.5, 0.6) is 0 Å². The Hall–Kier alpha value is -2.62. The molecule has 1 amide bonds. The van der Waals surface area contributed by atoms with Gasteiger partial charge in [-0.1, -0.05) is 42.8 Å². The van der Waals surface area contributed by atoms with Crippen molar-refractivity contribution in [1.29, 1.82) is 0 Å². The highest BCUT2D eigenvalue weighted by atomic mass is 16.5. The number of aryl methyl sites for hydroxylation is 1. The number of anilines is 1. The van der Waals surface area contributed by atoms with E-state index in [1.807, 2.05) is 67.3 Å². The maximum atomic E-state index is 13.1. The fraction of sp³-hybridized carbons (Fsp3) is 0.333. The average molecular weight is 337 g/mol. The lowest BCUT2D eigenvalue weighted by molar-refractivity contribution is -0.149. The Balaban J connectivity index is 2.02. The molecule has 0 aliphatic carbocycles. The molecule has 1 aliphatic rings. The Morgan fingerprint density at radius 1 is 1.16 bits per heavy atom. The first-order valence-electron chi connectivity index (χ1n) is 8.70. The van der Waals surface area contributed by atoms with E-state index in [-0.39, 0.29) is 24.0 Å². The van der Waals surface area contributed by atoms with Crippen molar-refractivity contribution >= 4 is 17.6 Å². The number of hydrogen-bond acceptors (Lipinski definition) is 3. The highest BCUT2D eigenvalue weighted by molar-refractivity contribution is 6.07. The summed E-state index contributed by atoms with van der Waals surface area (Å²) >= 11 is 0. The van der Waals surface area contributed by atoms with Gasteiger partial charge in [-0.15, -0.1) is 0 Å². The monoisotopic (exact) mass is 337 g/mol. The molecule has 0 bridgehead atoms. The van der Waals surface area contributed by atoms with Crippen LogP contribution in [0.4, 0.5) is 5.69 Å². The third kappa shape index (κ3) is 3.43. The lowest BCUT2D eigenvalue weighted by atomic mass is 9.91. The van der Waals surface area contributed by atoms with Gasteiger partial charge in [0.25, 0.3) is 5.91 Å². The standard InChI is InChI=1S/C21H23NO3/c1-4-20(23)25-19-13-15(3)22(18-11-10-14(2)12-17(18)19)21(24)16-8-6-5-7-9-16/h5-12,15,19H,4,13H2,1-3H3/t15-,19+/m0/s1. The quantitative estimate of drug-likeness (QED) is 0.779. The minimum atomic E-state index is -0.308. The lowest BCUT2D eigenvalue weighted by Gasteiger charge is -2.39. The van der Waals surface area contributed by atoms with Crippen molar-refractivity contribution in [3.05, 3.63) is 65.2 Å². The molecule has 0 aromatic heterocycles. The van der Waals surface area contributed by atoms with Crippen LogP contribution in [0.3, 0.4) is 0 Å². The van der Waals surface area contributed by atoms with Crippen molar-refractivity contribution in [2.45, 2.75) is 45.8 Å². The normalized spacial score (nSPS) is 19.2. The summed E-state index contributed by atoms with van der Waals surface area (Å²) in [6, 6.07) is 15.2. The Morgan fingerprint density at radius 2 is 1.88 bits per heavy atom. The molecule has 0 N–H and O–H groups in total. The molecule has 2 aromatic rings. The molecule has 3 rings (SSSR count). The van der Waals surface area contributed by atoms with Gasteiger partial charge < -0.3 is 9.64 Å². The van der Waals surface area contributed by atoms with Gasteiger partial charge in [0.05, 0.1) is 5.69 Å². The molecular weight excluding hydrogens is 314 g/mol. The van der Waals surface area contributed by atoms with E-state index in [0.717, 1.165) is 16.8 Å². The van der Waals surface area contributed by atoms with Gasteiger partial charge in [0.15, 0.2) is 0 Å². The van der Waals surface area contributed by atoms with Crippen LogP contribution in [-0.4, -0.2) is 17.9 Å². The molecule has 0 fully saturated rings. The number of carbonyl (C=O) groups excluding carboxylic acids is 2. The van der Waals surface area contributed by atoms with E-state index >= 15 is 0 Å². The number of esters is 1. The molecule has 1 heterocycles. The molecule has 1 aliphatic heterocycles. The van der Waals surface area contributed by atoms with E-state index in [1.54, 1.807) is 6.92 Å². The van der Waals surface area contributed by atoms with Gasteiger partial charge in [-0.2, -0.15) is 0 Å². The first-order chi connectivity index (χ1) is 12.0. The fourth-order valence-electron chi connectivity index (χ4n) is 3.31. The molecule has 4 nitrogen and oxygen atoms in total. The van der Waals surface area contributed by atoms with Gasteiger partial charge in [0, 0.05) is 30.0 Å². The number of nitrogens with zero attached hydrogens (tertiary/aromatic N) is 1. The Bertz CT molecular complexity index is 785. The Kier molecular flexibility index (Phi) is 4.88. The van der Waals surface area contributed by atoms with E-state index in [0.29, 0.717) is 18.4 Å². The predicted octanol–water partition coefficient (Wildman–Crippen LogP) is 4.43. The second-order valence-electron chi connectivity index (χ2n) is 6.52. The zero-order valence-electron chi connectivity index (χ0n) is 14.9.